The van der Waals surface area contributed by atoms with Crippen molar-refractivity contribution in [3.8, 4) is 0 Å². The van der Waals surface area contributed by atoms with Crippen LogP contribution in [0.15, 0.2) is 18.2 Å². The fourth-order valence-electron chi connectivity index (χ4n) is 2.04. The van der Waals surface area contributed by atoms with Gasteiger partial charge in [0.2, 0.25) is 0 Å². The van der Waals surface area contributed by atoms with E-state index in [0.29, 0.717) is 13.1 Å². The maximum absolute atomic E-state index is 9.37. The lowest BCUT2D eigenvalue weighted by Gasteiger charge is -2.17. The first kappa shape index (κ1) is 13.0. The van der Waals surface area contributed by atoms with Crippen LogP contribution in [0, 0.1) is 6.92 Å². The third-order valence-electron chi connectivity index (χ3n) is 2.92. The van der Waals surface area contributed by atoms with Crippen LogP contribution in [-0.4, -0.2) is 51.4 Å². The van der Waals surface area contributed by atoms with Crippen LogP contribution < -0.4 is 0 Å². The maximum atomic E-state index is 9.37. The zero-order chi connectivity index (χ0) is 13.1. The van der Waals surface area contributed by atoms with Gasteiger partial charge in [-0.15, -0.1) is 0 Å². The first-order valence-corrected chi connectivity index (χ1v) is 6.02. The second kappa shape index (κ2) is 5.48. The average Bonchev–Trinajstić information content (AvgIpc) is 2.72. The van der Waals surface area contributed by atoms with Crippen molar-refractivity contribution >= 4 is 11.0 Å². The Balaban J connectivity index is 2.10. The van der Waals surface area contributed by atoms with Crippen LogP contribution in [0.4, 0.5) is 0 Å². The Bertz CT molecular complexity index is 524. The number of nitrogens with zero attached hydrogens (tertiary/aromatic N) is 2. The van der Waals surface area contributed by atoms with E-state index in [1.807, 2.05) is 37.1 Å². The molecule has 2 rings (SSSR count). The molecule has 98 valence electrons. The number of aromatic amines is 1. The van der Waals surface area contributed by atoms with Gasteiger partial charge in [-0.3, -0.25) is 4.90 Å². The summed E-state index contributed by atoms with van der Waals surface area (Å²) in [4.78, 5) is 9.73. The van der Waals surface area contributed by atoms with Crippen molar-refractivity contribution in [2.24, 2.45) is 0 Å². The quantitative estimate of drug-likeness (QED) is 0.728. The minimum Gasteiger partial charge on any atom is -0.394 e. The van der Waals surface area contributed by atoms with Gasteiger partial charge in [0.15, 0.2) is 0 Å². The van der Waals surface area contributed by atoms with Gasteiger partial charge in [0, 0.05) is 6.54 Å². The molecule has 5 heteroatoms. The number of hydrogen-bond acceptors (Lipinski definition) is 4. The van der Waals surface area contributed by atoms with Gasteiger partial charge in [-0.2, -0.15) is 0 Å². The standard InChI is InChI=1S/C13H19N3O2/c1-9-4-3-5-11-13(9)15-12(14-11)7-16(2)6-10(18)8-17/h3-5,10,17-18H,6-8H2,1-2H3,(H,14,15)/t10-/m1/s1. The second-order valence-electron chi connectivity index (χ2n) is 4.69. The molecule has 1 heterocycles. The first-order chi connectivity index (χ1) is 8.60. The van der Waals surface area contributed by atoms with Crippen LogP contribution in [-0.2, 0) is 6.54 Å². The van der Waals surface area contributed by atoms with E-state index < -0.39 is 6.10 Å². The SMILES string of the molecule is Cc1cccc2[nH]c(CN(C)C[C@@H](O)CO)nc12. The zero-order valence-corrected chi connectivity index (χ0v) is 10.7. The number of hydrogen-bond donors (Lipinski definition) is 3. The Morgan fingerprint density at radius 1 is 1.44 bits per heavy atom. The Labute approximate surface area is 106 Å². The molecule has 5 nitrogen and oxygen atoms in total. The molecule has 0 bridgehead atoms. The van der Waals surface area contributed by atoms with Gasteiger partial charge in [0.25, 0.3) is 0 Å². The number of likely N-dealkylation sites (N-methyl/N-ethyl adjacent to an activating group) is 1. The molecule has 2 aromatic rings. The molecule has 18 heavy (non-hydrogen) atoms. The summed E-state index contributed by atoms with van der Waals surface area (Å²) in [5, 5.41) is 18.2. The van der Waals surface area contributed by atoms with E-state index >= 15 is 0 Å². The number of nitrogens with one attached hydrogen (secondary N) is 1. The van der Waals surface area contributed by atoms with Crippen molar-refractivity contribution in [3.05, 3.63) is 29.6 Å². The molecular formula is C13H19N3O2. The Hall–Kier alpha value is -1.43. The lowest BCUT2D eigenvalue weighted by Crippen LogP contribution is -2.31. The number of aliphatic hydroxyl groups excluding tert-OH is 2. The van der Waals surface area contributed by atoms with Crippen molar-refractivity contribution in [1.82, 2.24) is 14.9 Å². The largest absolute Gasteiger partial charge is 0.394 e. The number of imidazole rings is 1. The summed E-state index contributed by atoms with van der Waals surface area (Å²) in [6, 6.07) is 6.03. The summed E-state index contributed by atoms with van der Waals surface area (Å²) in [6.07, 6.45) is -0.707. The smallest absolute Gasteiger partial charge is 0.121 e. The Kier molecular flexibility index (Phi) is 3.96. The molecule has 1 atom stereocenters. The highest BCUT2D eigenvalue weighted by Crippen LogP contribution is 2.16. The number of aryl methyl sites for hydroxylation is 1. The van der Waals surface area contributed by atoms with Crippen LogP contribution in [0.5, 0.6) is 0 Å². The van der Waals surface area contributed by atoms with Crippen molar-refractivity contribution in [3.63, 3.8) is 0 Å². The molecule has 0 saturated heterocycles. The van der Waals surface area contributed by atoms with E-state index in [4.69, 9.17) is 5.11 Å². The molecule has 0 amide bonds. The molecule has 0 aliphatic heterocycles. The van der Waals surface area contributed by atoms with E-state index in [0.717, 1.165) is 22.4 Å². The minimum atomic E-state index is -0.707. The van der Waals surface area contributed by atoms with Crippen LogP contribution in [0.1, 0.15) is 11.4 Å². The van der Waals surface area contributed by atoms with Gasteiger partial charge in [-0.05, 0) is 25.6 Å². The topological polar surface area (TPSA) is 72.4 Å². The maximum Gasteiger partial charge on any atom is 0.121 e. The second-order valence-corrected chi connectivity index (χ2v) is 4.69. The van der Waals surface area contributed by atoms with Crippen molar-refractivity contribution in [2.45, 2.75) is 19.6 Å². The van der Waals surface area contributed by atoms with Gasteiger partial charge in [0.05, 0.1) is 30.3 Å². The normalized spacial score (nSPS) is 13.4. The van der Waals surface area contributed by atoms with Crippen LogP contribution in [0.2, 0.25) is 0 Å². The molecule has 3 N–H and O–H groups in total. The number of fused-ring (bicyclic) bond motifs is 1. The number of H-pyrrole nitrogens is 1. The fourth-order valence-corrected chi connectivity index (χ4v) is 2.04. The minimum absolute atomic E-state index is 0.219. The summed E-state index contributed by atoms with van der Waals surface area (Å²) < 4.78 is 0. The number of benzene rings is 1. The van der Waals surface area contributed by atoms with E-state index in [1.165, 1.54) is 0 Å². The molecule has 1 aromatic carbocycles. The lowest BCUT2D eigenvalue weighted by molar-refractivity contribution is 0.0642. The van der Waals surface area contributed by atoms with Gasteiger partial charge in [-0.25, -0.2) is 4.98 Å². The third kappa shape index (κ3) is 2.87. The highest BCUT2D eigenvalue weighted by molar-refractivity contribution is 5.78. The monoisotopic (exact) mass is 249 g/mol. The molecule has 0 spiro atoms. The van der Waals surface area contributed by atoms with E-state index in [1.54, 1.807) is 0 Å². The zero-order valence-electron chi connectivity index (χ0n) is 10.7. The summed E-state index contributed by atoms with van der Waals surface area (Å²) in [7, 11) is 1.89. The number of aliphatic hydroxyl groups is 2. The Morgan fingerprint density at radius 3 is 2.89 bits per heavy atom. The highest BCUT2D eigenvalue weighted by Gasteiger charge is 2.10. The van der Waals surface area contributed by atoms with Gasteiger partial charge >= 0.3 is 0 Å². The highest BCUT2D eigenvalue weighted by atomic mass is 16.3. The van der Waals surface area contributed by atoms with Gasteiger partial charge < -0.3 is 15.2 Å². The van der Waals surface area contributed by atoms with Crippen molar-refractivity contribution in [1.29, 1.82) is 0 Å². The first-order valence-electron chi connectivity index (χ1n) is 6.02. The summed E-state index contributed by atoms with van der Waals surface area (Å²) >= 11 is 0. The molecule has 0 aliphatic carbocycles. The summed E-state index contributed by atoms with van der Waals surface area (Å²) in [6.45, 7) is 2.85. The fraction of sp³-hybridized carbons (Fsp3) is 0.462. The summed E-state index contributed by atoms with van der Waals surface area (Å²) in [5.41, 5.74) is 3.16. The molecule has 0 fully saturated rings. The molecule has 0 radical (unpaired) electrons. The Morgan fingerprint density at radius 2 is 2.22 bits per heavy atom. The van der Waals surface area contributed by atoms with Crippen molar-refractivity contribution < 1.29 is 10.2 Å². The molecule has 0 aliphatic rings. The van der Waals surface area contributed by atoms with Crippen LogP contribution >= 0.6 is 0 Å². The van der Waals surface area contributed by atoms with Gasteiger partial charge in [0.1, 0.15) is 5.82 Å². The molecule has 0 saturated carbocycles. The lowest BCUT2D eigenvalue weighted by atomic mass is 10.2. The van der Waals surface area contributed by atoms with Crippen LogP contribution in [0.3, 0.4) is 0 Å². The molecular weight excluding hydrogens is 230 g/mol. The number of para-hydroxylation sites is 1. The average molecular weight is 249 g/mol. The molecule has 1 aromatic heterocycles. The number of rotatable bonds is 5. The van der Waals surface area contributed by atoms with E-state index in [9.17, 15) is 5.11 Å². The van der Waals surface area contributed by atoms with E-state index in [2.05, 4.69) is 9.97 Å². The summed E-state index contributed by atoms with van der Waals surface area (Å²) in [5.74, 6) is 0.868. The van der Waals surface area contributed by atoms with Crippen molar-refractivity contribution in [2.75, 3.05) is 20.2 Å². The third-order valence-corrected chi connectivity index (χ3v) is 2.92. The van der Waals surface area contributed by atoms with Gasteiger partial charge in [-0.1, -0.05) is 12.1 Å². The molecule has 0 unspecified atom stereocenters. The van der Waals surface area contributed by atoms with Crippen LogP contribution in [0.25, 0.3) is 11.0 Å². The predicted octanol–water partition coefficient (Wildman–Crippen LogP) is 0.656. The van der Waals surface area contributed by atoms with E-state index in [-0.39, 0.29) is 6.61 Å². The number of aromatic nitrogens is 2. The predicted molar refractivity (Wildman–Crippen MR) is 70.3 cm³/mol.